The molecule has 1 amide bonds. The predicted octanol–water partition coefficient (Wildman–Crippen LogP) is 4.82. The van der Waals surface area contributed by atoms with Gasteiger partial charge in [-0.15, -0.1) is 0 Å². The first-order valence-corrected chi connectivity index (χ1v) is 12.7. The lowest BCUT2D eigenvalue weighted by Gasteiger charge is -2.11. The van der Waals surface area contributed by atoms with Crippen LogP contribution >= 0.6 is 11.6 Å². The molecular formula is C29H24ClN7O2. The Morgan fingerprint density at radius 1 is 1.00 bits per heavy atom. The van der Waals surface area contributed by atoms with Crippen LogP contribution in [0, 0.1) is 18.3 Å². The summed E-state index contributed by atoms with van der Waals surface area (Å²) < 4.78 is 3.18. The lowest BCUT2D eigenvalue weighted by Crippen LogP contribution is -2.26. The molecule has 0 atom stereocenters. The summed E-state index contributed by atoms with van der Waals surface area (Å²) >= 11 is 6.07. The molecule has 0 aliphatic carbocycles. The number of nitriles is 1. The minimum absolute atomic E-state index is 0.0546. The van der Waals surface area contributed by atoms with E-state index in [0.29, 0.717) is 47.3 Å². The molecule has 0 fully saturated rings. The number of carbonyl (C=O) groups is 2. The van der Waals surface area contributed by atoms with Crippen LogP contribution in [0.3, 0.4) is 0 Å². The molecule has 39 heavy (non-hydrogen) atoms. The van der Waals surface area contributed by atoms with Crippen LogP contribution in [-0.2, 0) is 0 Å². The predicted molar refractivity (Wildman–Crippen MR) is 149 cm³/mol. The summed E-state index contributed by atoms with van der Waals surface area (Å²) in [6.45, 7) is 2.73. The van der Waals surface area contributed by atoms with Crippen molar-refractivity contribution < 1.29 is 9.59 Å². The van der Waals surface area contributed by atoms with Crippen molar-refractivity contribution in [1.82, 2.24) is 24.7 Å². The molecule has 5 aromatic rings. The summed E-state index contributed by atoms with van der Waals surface area (Å²) in [4.78, 5) is 25.8. The lowest BCUT2D eigenvalue weighted by molar-refractivity contribution is 0.0947. The normalized spacial score (nSPS) is 10.8. The Labute approximate surface area is 229 Å². The number of nitrogens with zero attached hydrogens (tertiary/aromatic N) is 5. The van der Waals surface area contributed by atoms with Gasteiger partial charge in [-0.1, -0.05) is 47.5 Å². The van der Waals surface area contributed by atoms with Crippen LogP contribution in [0.1, 0.15) is 44.1 Å². The number of hydrogen-bond acceptors (Lipinski definition) is 6. The molecule has 3 heterocycles. The van der Waals surface area contributed by atoms with Gasteiger partial charge in [0.15, 0.2) is 11.4 Å². The summed E-state index contributed by atoms with van der Waals surface area (Å²) in [6, 6.07) is 23.6. The largest absolute Gasteiger partial charge is 0.369 e. The molecule has 9 nitrogen and oxygen atoms in total. The molecule has 0 saturated carbocycles. The van der Waals surface area contributed by atoms with Crippen molar-refractivity contribution in [3.8, 4) is 11.8 Å². The highest BCUT2D eigenvalue weighted by atomic mass is 35.5. The van der Waals surface area contributed by atoms with Gasteiger partial charge in [-0.05, 0) is 55.8 Å². The van der Waals surface area contributed by atoms with Gasteiger partial charge in [0.2, 0.25) is 5.78 Å². The molecule has 0 unspecified atom stereocenters. The Bertz CT molecular complexity index is 1660. The number of amides is 1. The smallest absolute Gasteiger partial charge is 0.271 e. The number of fused-ring (bicyclic) bond motifs is 1. The van der Waals surface area contributed by atoms with Crippen LogP contribution < -0.4 is 10.6 Å². The highest BCUT2D eigenvalue weighted by Gasteiger charge is 2.25. The van der Waals surface area contributed by atoms with Crippen molar-refractivity contribution in [2.45, 2.75) is 13.3 Å². The fourth-order valence-corrected chi connectivity index (χ4v) is 4.22. The van der Waals surface area contributed by atoms with Crippen molar-refractivity contribution in [3.63, 3.8) is 0 Å². The lowest BCUT2D eigenvalue weighted by atomic mass is 10.0. The van der Waals surface area contributed by atoms with Crippen LogP contribution in [0.4, 0.5) is 5.82 Å². The molecule has 0 spiro atoms. The van der Waals surface area contributed by atoms with Crippen LogP contribution in [0.2, 0.25) is 5.02 Å². The third kappa shape index (κ3) is 5.51. The fourth-order valence-electron chi connectivity index (χ4n) is 4.09. The molecule has 5 rings (SSSR count). The highest BCUT2D eigenvalue weighted by molar-refractivity contribution is 6.30. The molecule has 0 radical (unpaired) electrons. The number of halogens is 1. The van der Waals surface area contributed by atoms with Crippen LogP contribution in [0.5, 0.6) is 0 Å². The number of carbonyl (C=O) groups excluding carboxylic acids is 2. The molecule has 194 valence electrons. The van der Waals surface area contributed by atoms with E-state index in [2.05, 4.69) is 26.9 Å². The molecule has 0 saturated heterocycles. The SMILES string of the molecule is Cc1ccc(C(=O)c2nn(-c3ccc(Cl)cc3)c(NCCCNC(=O)c3cc4ccccn4n3)c2C#N)cc1. The van der Waals surface area contributed by atoms with E-state index in [1.807, 2.05) is 37.3 Å². The Morgan fingerprint density at radius 3 is 2.49 bits per heavy atom. The minimum atomic E-state index is -0.345. The highest BCUT2D eigenvalue weighted by Crippen LogP contribution is 2.26. The second-order valence-electron chi connectivity index (χ2n) is 8.90. The number of anilines is 1. The maximum Gasteiger partial charge on any atom is 0.271 e. The summed E-state index contributed by atoms with van der Waals surface area (Å²) in [5.41, 5.74) is 3.47. The maximum atomic E-state index is 13.3. The first kappa shape index (κ1) is 25.7. The summed E-state index contributed by atoms with van der Waals surface area (Å²) in [7, 11) is 0. The summed E-state index contributed by atoms with van der Waals surface area (Å²) in [5, 5.41) is 25.5. The third-order valence-electron chi connectivity index (χ3n) is 6.13. The third-order valence-corrected chi connectivity index (χ3v) is 6.38. The number of nitrogens with one attached hydrogen (secondary N) is 2. The van der Waals surface area contributed by atoms with Crippen LogP contribution in [0.15, 0.2) is 79.0 Å². The van der Waals surface area contributed by atoms with Gasteiger partial charge in [0.05, 0.1) is 11.2 Å². The quantitative estimate of drug-likeness (QED) is 0.206. The van der Waals surface area contributed by atoms with Gasteiger partial charge in [-0.2, -0.15) is 15.5 Å². The van der Waals surface area contributed by atoms with Gasteiger partial charge in [0.1, 0.15) is 17.5 Å². The molecule has 0 aliphatic heterocycles. The van der Waals surface area contributed by atoms with Gasteiger partial charge in [0.25, 0.3) is 5.91 Å². The topological polar surface area (TPSA) is 117 Å². The van der Waals surface area contributed by atoms with Gasteiger partial charge in [0, 0.05) is 29.9 Å². The summed E-state index contributed by atoms with van der Waals surface area (Å²) in [5.74, 6) is -0.224. The molecule has 3 aromatic heterocycles. The van der Waals surface area contributed by atoms with Gasteiger partial charge >= 0.3 is 0 Å². The van der Waals surface area contributed by atoms with E-state index < -0.39 is 0 Å². The van der Waals surface area contributed by atoms with Gasteiger partial charge in [-0.3, -0.25) is 9.59 Å². The van der Waals surface area contributed by atoms with Crippen molar-refractivity contribution in [3.05, 3.63) is 112 Å². The maximum absolute atomic E-state index is 13.3. The van der Waals surface area contributed by atoms with Crippen molar-refractivity contribution in [1.29, 1.82) is 5.26 Å². The van der Waals surface area contributed by atoms with E-state index in [-0.39, 0.29) is 22.9 Å². The Kier molecular flexibility index (Phi) is 7.39. The number of rotatable bonds is 9. The number of ketones is 1. The first-order valence-electron chi connectivity index (χ1n) is 12.3. The van der Waals surface area contributed by atoms with Crippen molar-refractivity contribution in [2.24, 2.45) is 0 Å². The molecular weight excluding hydrogens is 514 g/mol. The Hall–Kier alpha value is -4.94. The van der Waals surface area contributed by atoms with E-state index in [4.69, 9.17) is 11.6 Å². The van der Waals surface area contributed by atoms with E-state index in [9.17, 15) is 14.9 Å². The molecule has 0 aliphatic rings. The van der Waals surface area contributed by atoms with Crippen LogP contribution in [0.25, 0.3) is 11.2 Å². The summed E-state index contributed by atoms with van der Waals surface area (Å²) in [6.07, 6.45) is 2.33. The number of benzene rings is 2. The van der Waals surface area contributed by atoms with Crippen LogP contribution in [-0.4, -0.2) is 44.2 Å². The Morgan fingerprint density at radius 2 is 1.77 bits per heavy atom. The Balaban J connectivity index is 1.32. The fraction of sp³-hybridized carbons (Fsp3) is 0.138. The zero-order valence-corrected chi connectivity index (χ0v) is 21.8. The minimum Gasteiger partial charge on any atom is -0.369 e. The average Bonchev–Trinajstić information content (AvgIpc) is 3.55. The van der Waals surface area contributed by atoms with E-state index in [1.54, 1.807) is 53.2 Å². The second kappa shape index (κ2) is 11.2. The van der Waals surface area contributed by atoms with E-state index >= 15 is 0 Å². The number of aromatic nitrogens is 4. The van der Waals surface area contributed by atoms with Crippen molar-refractivity contribution in [2.75, 3.05) is 18.4 Å². The van der Waals surface area contributed by atoms with E-state index in [1.165, 1.54) is 4.68 Å². The standard InChI is InChI=1S/C29H24ClN7O2/c1-19-6-8-20(9-7-19)27(38)26-24(18-31)28(37(35-26)22-12-10-21(30)11-13-22)32-14-4-15-33-29(39)25-17-23-5-2-3-16-36(23)34-25/h2-3,5-13,16-17,32H,4,14-15H2,1H3,(H,33,39). The molecule has 10 heteroatoms. The van der Waals surface area contributed by atoms with Gasteiger partial charge in [-0.25, -0.2) is 9.20 Å². The second-order valence-corrected chi connectivity index (χ2v) is 9.34. The zero-order valence-electron chi connectivity index (χ0n) is 21.1. The molecule has 2 N–H and O–H groups in total. The molecule has 0 bridgehead atoms. The number of hydrogen-bond donors (Lipinski definition) is 2. The van der Waals surface area contributed by atoms with Crippen molar-refractivity contribution >= 4 is 34.6 Å². The first-order chi connectivity index (χ1) is 18.9. The number of pyridine rings is 1. The average molecular weight is 538 g/mol. The van der Waals surface area contributed by atoms with Gasteiger partial charge < -0.3 is 10.6 Å². The monoisotopic (exact) mass is 537 g/mol. The van der Waals surface area contributed by atoms with E-state index in [0.717, 1.165) is 11.1 Å². The molecule has 2 aromatic carbocycles. The number of aryl methyl sites for hydroxylation is 1. The zero-order chi connectivity index (χ0) is 27.4.